The molecule has 2 aliphatic rings. The second kappa shape index (κ2) is 10.7. The van der Waals surface area contributed by atoms with E-state index in [0.717, 1.165) is 45.0 Å². The number of hydrogen-bond donors (Lipinski definition) is 1. The van der Waals surface area contributed by atoms with E-state index in [-0.39, 0.29) is 18.8 Å². The van der Waals surface area contributed by atoms with Gasteiger partial charge >= 0.3 is 0 Å². The Morgan fingerprint density at radius 3 is 2.32 bits per heavy atom. The van der Waals surface area contributed by atoms with Gasteiger partial charge in [-0.15, -0.1) is 0 Å². The molecule has 2 heterocycles. The molecule has 0 radical (unpaired) electrons. The van der Waals surface area contributed by atoms with Gasteiger partial charge in [0.25, 0.3) is 0 Å². The summed E-state index contributed by atoms with van der Waals surface area (Å²) in [7, 11) is 0. The normalized spacial score (nSPS) is 22.9. The van der Waals surface area contributed by atoms with Crippen molar-refractivity contribution in [1.82, 2.24) is 0 Å². The van der Waals surface area contributed by atoms with Crippen LogP contribution in [0.15, 0.2) is 91.0 Å². The molecular weight excluding hydrogens is 464 g/mol. The molecule has 1 unspecified atom stereocenters. The standard InChI is InChI=1S/C32H32O5/c33-18-25-12-7-13-29-28(25)14-15-31-30(29)22-36-32(31)17-26(35-20-24-10-5-2-6-11-24)16-27(37-32)21-34-19-23-8-3-1-4-9-23/h1-15,26-27,33H,16-22H2/t26?,27-,32+/m0/s1. The van der Waals surface area contributed by atoms with Gasteiger partial charge in [-0.05, 0) is 33.0 Å². The molecule has 1 N–H and O–H groups in total. The third-order valence-electron chi connectivity index (χ3n) is 7.42. The highest BCUT2D eigenvalue weighted by Gasteiger charge is 2.49. The van der Waals surface area contributed by atoms with E-state index in [9.17, 15) is 5.11 Å². The van der Waals surface area contributed by atoms with Gasteiger partial charge in [-0.2, -0.15) is 0 Å². The summed E-state index contributed by atoms with van der Waals surface area (Å²) in [6, 6.07) is 30.7. The Hall–Kier alpha value is -3.06. The maximum absolute atomic E-state index is 9.83. The van der Waals surface area contributed by atoms with Crippen LogP contribution >= 0.6 is 0 Å². The summed E-state index contributed by atoms with van der Waals surface area (Å²) in [6.45, 7) is 2.01. The van der Waals surface area contributed by atoms with Gasteiger partial charge in [0.05, 0.1) is 45.2 Å². The largest absolute Gasteiger partial charge is 0.392 e. The lowest BCUT2D eigenvalue weighted by Crippen LogP contribution is -2.46. The average Bonchev–Trinajstić information content (AvgIpc) is 3.30. The molecule has 6 rings (SSSR count). The van der Waals surface area contributed by atoms with Crippen molar-refractivity contribution in [3.8, 4) is 0 Å². The topological polar surface area (TPSA) is 57.2 Å². The molecule has 0 saturated carbocycles. The Bertz CT molecular complexity index is 1340. The molecule has 3 atom stereocenters. The number of benzene rings is 4. The second-order valence-corrected chi connectivity index (χ2v) is 9.90. The van der Waals surface area contributed by atoms with Crippen molar-refractivity contribution in [3.05, 3.63) is 119 Å². The van der Waals surface area contributed by atoms with E-state index < -0.39 is 5.79 Å². The van der Waals surface area contributed by atoms with Crippen molar-refractivity contribution in [2.75, 3.05) is 6.61 Å². The summed E-state index contributed by atoms with van der Waals surface area (Å²) >= 11 is 0. The first kappa shape index (κ1) is 24.3. The Morgan fingerprint density at radius 2 is 1.57 bits per heavy atom. The summed E-state index contributed by atoms with van der Waals surface area (Å²) in [5.41, 5.74) is 5.38. The minimum atomic E-state index is -0.876. The summed E-state index contributed by atoms with van der Waals surface area (Å²) in [4.78, 5) is 0. The van der Waals surface area contributed by atoms with Gasteiger partial charge in [0, 0.05) is 18.4 Å². The lowest BCUT2D eigenvalue weighted by Gasteiger charge is -2.42. The van der Waals surface area contributed by atoms with Crippen molar-refractivity contribution in [2.24, 2.45) is 0 Å². The third-order valence-corrected chi connectivity index (χ3v) is 7.42. The Balaban J connectivity index is 1.26. The minimum absolute atomic E-state index is 0.00878. The van der Waals surface area contributed by atoms with Crippen LogP contribution in [0.5, 0.6) is 0 Å². The highest BCUT2D eigenvalue weighted by Crippen LogP contribution is 2.48. The first-order valence-electron chi connectivity index (χ1n) is 13.0. The molecule has 1 spiro atoms. The smallest absolute Gasteiger partial charge is 0.198 e. The quantitative estimate of drug-likeness (QED) is 0.324. The van der Waals surface area contributed by atoms with Crippen LogP contribution in [0.1, 0.15) is 40.7 Å². The van der Waals surface area contributed by atoms with Gasteiger partial charge in [-0.25, -0.2) is 0 Å². The maximum atomic E-state index is 9.83. The third kappa shape index (κ3) is 5.06. The molecule has 190 valence electrons. The Morgan fingerprint density at radius 1 is 0.811 bits per heavy atom. The van der Waals surface area contributed by atoms with Crippen LogP contribution in [-0.4, -0.2) is 23.9 Å². The number of aliphatic hydroxyl groups excluding tert-OH is 1. The van der Waals surface area contributed by atoms with Crippen LogP contribution in [-0.2, 0) is 51.2 Å². The van der Waals surface area contributed by atoms with E-state index in [2.05, 4.69) is 42.5 Å². The van der Waals surface area contributed by atoms with Crippen molar-refractivity contribution in [2.45, 2.75) is 57.3 Å². The molecule has 4 aromatic carbocycles. The van der Waals surface area contributed by atoms with Crippen LogP contribution in [0.2, 0.25) is 0 Å². The molecule has 5 nitrogen and oxygen atoms in total. The molecule has 0 aliphatic carbocycles. The zero-order valence-corrected chi connectivity index (χ0v) is 20.8. The Labute approximate surface area is 217 Å². The number of ether oxygens (including phenoxy) is 4. The molecule has 5 heteroatoms. The first-order valence-corrected chi connectivity index (χ1v) is 13.0. The second-order valence-electron chi connectivity index (χ2n) is 9.90. The highest BCUT2D eigenvalue weighted by molar-refractivity contribution is 5.90. The maximum Gasteiger partial charge on any atom is 0.198 e. The summed E-state index contributed by atoms with van der Waals surface area (Å²) in [6.07, 6.45) is 1.16. The minimum Gasteiger partial charge on any atom is -0.392 e. The van der Waals surface area contributed by atoms with Crippen LogP contribution in [0, 0.1) is 0 Å². The number of aliphatic hydroxyl groups is 1. The summed E-state index contributed by atoms with van der Waals surface area (Å²) in [5, 5.41) is 12.0. The number of hydrogen-bond acceptors (Lipinski definition) is 5. The van der Waals surface area contributed by atoms with Gasteiger partial charge in [0.15, 0.2) is 5.79 Å². The van der Waals surface area contributed by atoms with Crippen LogP contribution in [0.4, 0.5) is 0 Å². The van der Waals surface area contributed by atoms with E-state index in [4.69, 9.17) is 18.9 Å². The van der Waals surface area contributed by atoms with E-state index in [0.29, 0.717) is 32.8 Å². The lowest BCUT2D eigenvalue weighted by atomic mass is 9.89. The Kier molecular flexibility index (Phi) is 7.05. The molecule has 37 heavy (non-hydrogen) atoms. The van der Waals surface area contributed by atoms with Crippen molar-refractivity contribution >= 4 is 10.8 Å². The van der Waals surface area contributed by atoms with Crippen LogP contribution < -0.4 is 0 Å². The zero-order valence-electron chi connectivity index (χ0n) is 20.8. The van der Waals surface area contributed by atoms with Crippen molar-refractivity contribution in [3.63, 3.8) is 0 Å². The monoisotopic (exact) mass is 496 g/mol. The van der Waals surface area contributed by atoms with Crippen LogP contribution in [0.25, 0.3) is 10.8 Å². The van der Waals surface area contributed by atoms with Gasteiger partial charge < -0.3 is 24.1 Å². The van der Waals surface area contributed by atoms with Gasteiger partial charge in [-0.1, -0.05) is 91.0 Å². The van der Waals surface area contributed by atoms with Crippen molar-refractivity contribution in [1.29, 1.82) is 0 Å². The molecule has 0 aromatic heterocycles. The first-order chi connectivity index (χ1) is 18.2. The fraction of sp³-hybridized carbons (Fsp3) is 0.312. The molecule has 4 aromatic rings. The van der Waals surface area contributed by atoms with Crippen molar-refractivity contribution < 1.29 is 24.1 Å². The fourth-order valence-electron chi connectivity index (χ4n) is 5.61. The average molecular weight is 497 g/mol. The molecular formula is C32H32O5. The van der Waals surface area contributed by atoms with E-state index in [1.807, 2.05) is 48.5 Å². The van der Waals surface area contributed by atoms with E-state index >= 15 is 0 Å². The zero-order chi connectivity index (χ0) is 25.1. The fourth-order valence-corrected chi connectivity index (χ4v) is 5.61. The van der Waals surface area contributed by atoms with Gasteiger partial charge in [0.2, 0.25) is 0 Å². The molecule has 0 bridgehead atoms. The lowest BCUT2D eigenvalue weighted by molar-refractivity contribution is -0.309. The highest BCUT2D eigenvalue weighted by atomic mass is 16.7. The predicted molar refractivity (Wildman–Crippen MR) is 142 cm³/mol. The van der Waals surface area contributed by atoms with Gasteiger partial charge in [-0.3, -0.25) is 0 Å². The number of fused-ring (bicyclic) bond motifs is 4. The summed E-state index contributed by atoms with van der Waals surface area (Å²) in [5.74, 6) is -0.876. The van der Waals surface area contributed by atoms with Gasteiger partial charge in [0.1, 0.15) is 0 Å². The SMILES string of the molecule is OCc1cccc2c3c(ccc12)[C@]1(CC(OCc2ccccc2)C[C@@H](COCc2ccccc2)O1)OC3. The van der Waals surface area contributed by atoms with E-state index in [1.165, 1.54) is 0 Å². The number of rotatable bonds is 8. The molecule has 1 saturated heterocycles. The summed E-state index contributed by atoms with van der Waals surface area (Å²) < 4.78 is 25.7. The molecule has 1 fully saturated rings. The molecule has 2 aliphatic heterocycles. The molecule has 0 amide bonds. The van der Waals surface area contributed by atoms with E-state index in [1.54, 1.807) is 0 Å². The predicted octanol–water partition coefficient (Wildman–Crippen LogP) is 6.00. The van der Waals surface area contributed by atoms with Crippen LogP contribution in [0.3, 0.4) is 0 Å².